The van der Waals surface area contributed by atoms with Gasteiger partial charge >= 0.3 is 0 Å². The highest BCUT2D eigenvalue weighted by molar-refractivity contribution is 7.09. The van der Waals surface area contributed by atoms with Crippen LogP contribution < -0.4 is 5.32 Å². The molecule has 1 aromatic carbocycles. The second-order valence-electron chi connectivity index (χ2n) is 4.45. The van der Waals surface area contributed by atoms with Gasteiger partial charge in [0.2, 0.25) is 0 Å². The number of rotatable bonds is 5. The van der Waals surface area contributed by atoms with Crippen LogP contribution in [0.1, 0.15) is 16.3 Å². The molecule has 2 nitrogen and oxygen atoms in total. The summed E-state index contributed by atoms with van der Waals surface area (Å²) in [5.41, 5.74) is 1.60. The van der Waals surface area contributed by atoms with Gasteiger partial charge in [0.25, 0.3) is 0 Å². The molecule has 1 unspecified atom stereocenters. The molecule has 102 valence electrons. The molecule has 1 aromatic heterocycles. The minimum absolute atomic E-state index is 0.121. The average Bonchev–Trinajstić information content (AvgIpc) is 2.78. The second kappa shape index (κ2) is 6.46. The Morgan fingerprint density at radius 3 is 2.79 bits per heavy atom. The van der Waals surface area contributed by atoms with Crippen molar-refractivity contribution in [1.29, 1.82) is 0 Å². The molecule has 0 radical (unpaired) electrons. The van der Waals surface area contributed by atoms with Gasteiger partial charge in [0.1, 0.15) is 5.82 Å². The van der Waals surface area contributed by atoms with Crippen molar-refractivity contribution in [2.24, 2.45) is 0 Å². The Hall–Kier alpha value is -0.970. The van der Waals surface area contributed by atoms with Crippen molar-refractivity contribution in [2.45, 2.75) is 25.8 Å². The first-order chi connectivity index (χ1) is 9.10. The molecule has 0 saturated heterocycles. The highest BCUT2D eigenvalue weighted by atomic mass is 35.5. The SMILES string of the molecule is CNC(Cc1csc(C)n1)Cc1c(F)cccc1Cl. The first-order valence-electron chi connectivity index (χ1n) is 6.11. The van der Waals surface area contributed by atoms with Gasteiger partial charge in [0.05, 0.1) is 10.7 Å². The summed E-state index contributed by atoms with van der Waals surface area (Å²) in [6.45, 7) is 1.98. The maximum Gasteiger partial charge on any atom is 0.127 e. The van der Waals surface area contributed by atoms with E-state index in [-0.39, 0.29) is 11.9 Å². The van der Waals surface area contributed by atoms with Crippen LogP contribution >= 0.6 is 22.9 Å². The lowest BCUT2D eigenvalue weighted by atomic mass is 10.0. The predicted molar refractivity (Wildman–Crippen MR) is 78.5 cm³/mol. The fourth-order valence-corrected chi connectivity index (χ4v) is 2.87. The summed E-state index contributed by atoms with van der Waals surface area (Å²) in [7, 11) is 1.87. The lowest BCUT2D eigenvalue weighted by Crippen LogP contribution is -2.30. The van der Waals surface area contributed by atoms with Crippen LogP contribution in [0.4, 0.5) is 4.39 Å². The zero-order valence-electron chi connectivity index (χ0n) is 10.9. The Kier molecular flexibility index (Phi) is 4.91. The van der Waals surface area contributed by atoms with Crippen LogP contribution in [0.25, 0.3) is 0 Å². The number of nitrogens with one attached hydrogen (secondary N) is 1. The minimum Gasteiger partial charge on any atom is -0.316 e. The smallest absolute Gasteiger partial charge is 0.127 e. The molecule has 1 heterocycles. The third-order valence-electron chi connectivity index (χ3n) is 3.04. The molecule has 0 fully saturated rings. The van der Waals surface area contributed by atoms with Crippen molar-refractivity contribution in [3.63, 3.8) is 0 Å². The molecule has 5 heteroatoms. The van der Waals surface area contributed by atoms with Gasteiger partial charge in [-0.25, -0.2) is 9.37 Å². The zero-order chi connectivity index (χ0) is 13.8. The molecule has 2 aromatic rings. The third-order valence-corrected chi connectivity index (χ3v) is 4.22. The van der Waals surface area contributed by atoms with Crippen LogP contribution in [0.15, 0.2) is 23.6 Å². The lowest BCUT2D eigenvalue weighted by Gasteiger charge is -2.16. The van der Waals surface area contributed by atoms with Crippen LogP contribution in [-0.4, -0.2) is 18.1 Å². The van der Waals surface area contributed by atoms with E-state index in [2.05, 4.69) is 10.3 Å². The molecule has 19 heavy (non-hydrogen) atoms. The maximum atomic E-state index is 13.8. The first kappa shape index (κ1) is 14.4. The van der Waals surface area contributed by atoms with E-state index in [9.17, 15) is 4.39 Å². The lowest BCUT2D eigenvalue weighted by molar-refractivity contribution is 0.528. The summed E-state index contributed by atoms with van der Waals surface area (Å²) in [6.07, 6.45) is 1.32. The summed E-state index contributed by atoms with van der Waals surface area (Å²) in [5.74, 6) is -0.248. The Morgan fingerprint density at radius 2 is 2.21 bits per heavy atom. The van der Waals surface area contributed by atoms with Crippen LogP contribution in [0.2, 0.25) is 5.02 Å². The summed E-state index contributed by atoms with van der Waals surface area (Å²) in [4.78, 5) is 4.44. The fraction of sp³-hybridized carbons (Fsp3) is 0.357. The van der Waals surface area contributed by atoms with Crippen molar-refractivity contribution in [3.05, 3.63) is 50.7 Å². The van der Waals surface area contributed by atoms with E-state index in [0.29, 0.717) is 17.0 Å². The number of hydrogen-bond acceptors (Lipinski definition) is 3. The summed E-state index contributed by atoms with van der Waals surface area (Å²) >= 11 is 7.69. The van der Waals surface area contributed by atoms with E-state index in [1.165, 1.54) is 6.07 Å². The first-order valence-corrected chi connectivity index (χ1v) is 7.37. The van der Waals surface area contributed by atoms with Gasteiger partial charge in [-0.3, -0.25) is 0 Å². The Labute approximate surface area is 121 Å². The largest absolute Gasteiger partial charge is 0.316 e. The number of aromatic nitrogens is 1. The standard InChI is InChI=1S/C14H16ClFN2S/c1-9-18-11(8-19-9)6-10(17-2)7-12-13(15)4-3-5-14(12)16/h3-5,8,10,17H,6-7H2,1-2H3. The van der Waals surface area contributed by atoms with E-state index in [4.69, 9.17) is 11.6 Å². The van der Waals surface area contributed by atoms with E-state index in [1.807, 2.05) is 19.4 Å². The number of halogens is 2. The molecule has 1 N–H and O–H groups in total. The summed E-state index contributed by atoms with van der Waals surface area (Å²) in [5, 5.41) is 6.78. The maximum absolute atomic E-state index is 13.8. The summed E-state index contributed by atoms with van der Waals surface area (Å²) < 4.78 is 13.8. The molecule has 0 aliphatic carbocycles. The van der Waals surface area contributed by atoms with Gasteiger partial charge in [0.15, 0.2) is 0 Å². The highest BCUT2D eigenvalue weighted by Crippen LogP contribution is 2.21. The molecular formula is C14H16ClFN2S. The Morgan fingerprint density at radius 1 is 1.42 bits per heavy atom. The van der Waals surface area contributed by atoms with Gasteiger partial charge in [-0.1, -0.05) is 17.7 Å². The Bertz CT molecular complexity index is 536. The van der Waals surface area contributed by atoms with Crippen molar-refractivity contribution in [2.75, 3.05) is 7.05 Å². The molecular weight excluding hydrogens is 283 g/mol. The average molecular weight is 299 g/mol. The van der Waals surface area contributed by atoms with Gasteiger partial charge in [-0.2, -0.15) is 0 Å². The number of benzene rings is 1. The van der Waals surface area contributed by atoms with Crippen molar-refractivity contribution in [3.8, 4) is 0 Å². The van der Waals surface area contributed by atoms with Crippen molar-refractivity contribution in [1.82, 2.24) is 10.3 Å². The number of likely N-dealkylation sites (N-methyl/N-ethyl adjacent to an activating group) is 1. The number of aryl methyl sites for hydroxylation is 1. The van der Waals surface area contributed by atoms with Gasteiger partial charge in [-0.05, 0) is 32.5 Å². The topological polar surface area (TPSA) is 24.9 Å². The predicted octanol–water partition coefficient (Wildman–Crippen LogP) is 3.62. The highest BCUT2D eigenvalue weighted by Gasteiger charge is 2.15. The van der Waals surface area contributed by atoms with Crippen LogP contribution in [-0.2, 0) is 12.8 Å². The molecule has 0 spiro atoms. The van der Waals surface area contributed by atoms with E-state index in [0.717, 1.165) is 17.1 Å². The third kappa shape index (κ3) is 3.75. The molecule has 2 rings (SSSR count). The number of nitrogens with zero attached hydrogens (tertiary/aromatic N) is 1. The monoisotopic (exact) mass is 298 g/mol. The molecule has 1 atom stereocenters. The second-order valence-corrected chi connectivity index (χ2v) is 5.92. The van der Waals surface area contributed by atoms with E-state index < -0.39 is 0 Å². The Balaban J connectivity index is 2.11. The molecule has 0 amide bonds. The van der Waals surface area contributed by atoms with Crippen LogP contribution in [0.3, 0.4) is 0 Å². The van der Waals surface area contributed by atoms with Crippen LogP contribution in [0.5, 0.6) is 0 Å². The van der Waals surface area contributed by atoms with Crippen molar-refractivity contribution >= 4 is 22.9 Å². The van der Waals surface area contributed by atoms with Gasteiger partial charge < -0.3 is 5.32 Å². The molecule has 0 aliphatic rings. The fourth-order valence-electron chi connectivity index (χ4n) is 2.00. The van der Waals surface area contributed by atoms with E-state index >= 15 is 0 Å². The molecule has 0 aliphatic heterocycles. The van der Waals surface area contributed by atoms with Gasteiger partial charge in [0, 0.05) is 28.4 Å². The van der Waals surface area contributed by atoms with Crippen molar-refractivity contribution < 1.29 is 4.39 Å². The molecule has 0 saturated carbocycles. The molecule has 0 bridgehead atoms. The van der Waals surface area contributed by atoms with E-state index in [1.54, 1.807) is 23.5 Å². The number of hydrogen-bond donors (Lipinski definition) is 1. The quantitative estimate of drug-likeness (QED) is 0.912. The summed E-state index contributed by atoms with van der Waals surface area (Å²) in [6, 6.07) is 4.91. The zero-order valence-corrected chi connectivity index (χ0v) is 12.5. The number of thiazole rings is 1. The minimum atomic E-state index is -0.248. The van der Waals surface area contributed by atoms with Gasteiger partial charge in [-0.15, -0.1) is 11.3 Å². The normalized spacial score (nSPS) is 12.6. The van der Waals surface area contributed by atoms with Crippen LogP contribution in [0, 0.1) is 12.7 Å².